The fourth-order valence-corrected chi connectivity index (χ4v) is 4.57. The zero-order chi connectivity index (χ0) is 19.4. The number of aryl methyl sites for hydroxylation is 1. The molecule has 0 bridgehead atoms. The summed E-state index contributed by atoms with van der Waals surface area (Å²) < 4.78 is 39.6. The molecular weight excluding hydrogens is 369 g/mol. The average molecular weight is 392 g/mol. The number of hydrogen-bond donors (Lipinski definition) is 2. The second-order valence-corrected chi connectivity index (χ2v) is 8.64. The number of carbonyl (C=O) groups is 1. The molecule has 3 rings (SSSR count). The molecule has 27 heavy (non-hydrogen) atoms. The normalized spacial score (nSPS) is 16.2. The fraction of sp³-hybridized carbons (Fsp3) is 0.316. The van der Waals surface area contributed by atoms with Crippen LogP contribution in [0.5, 0.6) is 0 Å². The Labute approximate surface area is 158 Å². The molecule has 1 aliphatic rings. The molecule has 0 atom stereocenters. The van der Waals surface area contributed by atoms with Gasteiger partial charge in [-0.2, -0.15) is 4.31 Å². The average Bonchev–Trinajstić information content (AvgIpc) is 2.62. The Morgan fingerprint density at radius 1 is 1.15 bits per heavy atom. The van der Waals surface area contributed by atoms with Crippen molar-refractivity contribution in [2.75, 3.05) is 38.0 Å². The van der Waals surface area contributed by atoms with Gasteiger partial charge in [0.25, 0.3) is 5.91 Å². The number of hydrogen-bond acceptors (Lipinski definition) is 3. The fourth-order valence-electron chi connectivity index (χ4n) is 3.13. The van der Waals surface area contributed by atoms with Gasteiger partial charge < -0.3 is 10.2 Å². The molecule has 0 spiro atoms. The Morgan fingerprint density at radius 3 is 2.44 bits per heavy atom. The summed E-state index contributed by atoms with van der Waals surface area (Å²) in [7, 11) is -3.63. The van der Waals surface area contributed by atoms with Gasteiger partial charge in [0.2, 0.25) is 10.0 Å². The molecule has 0 saturated carbocycles. The summed E-state index contributed by atoms with van der Waals surface area (Å²) in [6.45, 7) is 3.99. The topological polar surface area (TPSA) is 70.9 Å². The molecular formula is C19H23FN3O3S+. The second kappa shape index (κ2) is 8.16. The van der Waals surface area contributed by atoms with Gasteiger partial charge in [-0.05, 0) is 48.9 Å². The predicted octanol–water partition coefficient (Wildman–Crippen LogP) is 0.662. The van der Waals surface area contributed by atoms with Crippen LogP contribution in [0.15, 0.2) is 53.4 Å². The number of benzene rings is 2. The van der Waals surface area contributed by atoms with Crippen LogP contribution in [0.25, 0.3) is 0 Å². The Morgan fingerprint density at radius 2 is 1.81 bits per heavy atom. The third kappa shape index (κ3) is 4.91. The maximum absolute atomic E-state index is 13.0. The molecule has 2 aromatic rings. The number of amides is 1. The standard InChI is InChI=1S/C19H22FN3O3S/c1-15-3-2-4-17(13-15)21-19(24)14-22-9-11-23(12-10-22)27(25,26)18-7-5-16(20)6-8-18/h2-8,13H,9-12,14H2,1H3,(H,21,24)/p+1. The zero-order valence-electron chi connectivity index (χ0n) is 15.1. The number of anilines is 1. The van der Waals surface area contributed by atoms with Crippen molar-refractivity contribution in [2.24, 2.45) is 0 Å². The van der Waals surface area contributed by atoms with Crippen molar-refractivity contribution in [3.8, 4) is 0 Å². The highest BCUT2D eigenvalue weighted by molar-refractivity contribution is 7.89. The van der Waals surface area contributed by atoms with Crippen molar-refractivity contribution in [1.29, 1.82) is 0 Å². The molecule has 1 heterocycles. The van der Waals surface area contributed by atoms with Crippen molar-refractivity contribution >= 4 is 21.6 Å². The van der Waals surface area contributed by atoms with E-state index in [-0.39, 0.29) is 10.8 Å². The minimum absolute atomic E-state index is 0.0875. The molecule has 8 heteroatoms. The molecule has 1 aliphatic heterocycles. The zero-order valence-corrected chi connectivity index (χ0v) is 15.9. The van der Waals surface area contributed by atoms with E-state index in [0.717, 1.165) is 28.3 Å². The van der Waals surface area contributed by atoms with Crippen LogP contribution in [0.2, 0.25) is 0 Å². The molecule has 0 radical (unpaired) electrons. The molecule has 2 N–H and O–H groups in total. The van der Waals surface area contributed by atoms with Crippen molar-refractivity contribution < 1.29 is 22.5 Å². The van der Waals surface area contributed by atoms with E-state index >= 15 is 0 Å². The van der Waals surface area contributed by atoms with Crippen molar-refractivity contribution in [2.45, 2.75) is 11.8 Å². The van der Waals surface area contributed by atoms with E-state index in [9.17, 15) is 17.6 Å². The van der Waals surface area contributed by atoms with Gasteiger partial charge in [-0.15, -0.1) is 0 Å². The summed E-state index contributed by atoms with van der Waals surface area (Å²) >= 11 is 0. The minimum Gasteiger partial charge on any atom is -0.325 e. The van der Waals surface area contributed by atoms with E-state index in [2.05, 4.69) is 5.32 Å². The van der Waals surface area contributed by atoms with Gasteiger partial charge in [0, 0.05) is 5.69 Å². The summed E-state index contributed by atoms with van der Waals surface area (Å²) in [6, 6.07) is 12.4. The lowest BCUT2D eigenvalue weighted by molar-refractivity contribution is -0.895. The van der Waals surface area contributed by atoms with Crippen molar-refractivity contribution in [3.05, 3.63) is 59.9 Å². The highest BCUT2D eigenvalue weighted by Crippen LogP contribution is 2.16. The van der Waals surface area contributed by atoms with E-state index in [4.69, 9.17) is 0 Å². The Balaban J connectivity index is 1.54. The van der Waals surface area contributed by atoms with Crippen LogP contribution in [0.4, 0.5) is 10.1 Å². The van der Waals surface area contributed by atoms with E-state index in [0.29, 0.717) is 32.7 Å². The summed E-state index contributed by atoms with van der Waals surface area (Å²) in [5.74, 6) is -0.562. The van der Waals surface area contributed by atoms with Crippen LogP contribution in [0, 0.1) is 12.7 Å². The molecule has 1 fully saturated rings. The predicted molar refractivity (Wildman–Crippen MR) is 101 cm³/mol. The lowest BCUT2D eigenvalue weighted by Gasteiger charge is -2.31. The van der Waals surface area contributed by atoms with Gasteiger partial charge in [0.05, 0.1) is 31.1 Å². The molecule has 6 nitrogen and oxygen atoms in total. The summed E-state index contributed by atoms with van der Waals surface area (Å²) in [5.41, 5.74) is 1.83. The third-order valence-electron chi connectivity index (χ3n) is 4.59. The Bertz CT molecular complexity index is 908. The van der Waals surface area contributed by atoms with Crippen LogP contribution < -0.4 is 10.2 Å². The van der Waals surface area contributed by atoms with Crippen LogP contribution in [0.1, 0.15) is 5.56 Å². The number of quaternary nitrogens is 1. The third-order valence-corrected chi connectivity index (χ3v) is 6.51. The summed E-state index contributed by atoms with van der Waals surface area (Å²) in [6.07, 6.45) is 0. The number of piperazine rings is 1. The number of nitrogens with one attached hydrogen (secondary N) is 2. The van der Waals surface area contributed by atoms with E-state index < -0.39 is 15.8 Å². The van der Waals surface area contributed by atoms with Crippen LogP contribution in [-0.4, -0.2) is 51.4 Å². The van der Waals surface area contributed by atoms with Crippen molar-refractivity contribution in [3.63, 3.8) is 0 Å². The number of carbonyl (C=O) groups excluding carboxylic acids is 1. The lowest BCUT2D eigenvalue weighted by atomic mass is 10.2. The number of halogens is 1. The molecule has 0 unspecified atom stereocenters. The maximum Gasteiger partial charge on any atom is 0.279 e. The first-order valence-corrected chi connectivity index (χ1v) is 10.2. The first-order chi connectivity index (χ1) is 12.8. The smallest absolute Gasteiger partial charge is 0.279 e. The summed E-state index contributed by atoms with van der Waals surface area (Å²) in [4.78, 5) is 13.3. The van der Waals surface area contributed by atoms with Gasteiger partial charge in [0.1, 0.15) is 5.82 Å². The quantitative estimate of drug-likeness (QED) is 0.786. The molecule has 1 saturated heterocycles. The molecule has 2 aromatic carbocycles. The van der Waals surface area contributed by atoms with Crippen molar-refractivity contribution in [1.82, 2.24) is 4.31 Å². The van der Waals surface area contributed by atoms with E-state index in [1.807, 2.05) is 31.2 Å². The van der Waals surface area contributed by atoms with Crippen LogP contribution >= 0.6 is 0 Å². The van der Waals surface area contributed by atoms with E-state index in [1.165, 1.54) is 16.4 Å². The van der Waals surface area contributed by atoms with Crippen LogP contribution in [-0.2, 0) is 14.8 Å². The molecule has 144 valence electrons. The number of rotatable bonds is 5. The maximum atomic E-state index is 13.0. The first-order valence-electron chi connectivity index (χ1n) is 8.80. The van der Waals surface area contributed by atoms with Gasteiger partial charge in [-0.3, -0.25) is 4.79 Å². The minimum atomic E-state index is -3.63. The van der Waals surface area contributed by atoms with Gasteiger partial charge in [0.15, 0.2) is 6.54 Å². The van der Waals surface area contributed by atoms with Gasteiger partial charge in [-0.25, -0.2) is 12.8 Å². The summed E-state index contributed by atoms with van der Waals surface area (Å²) in [5, 5.41) is 2.88. The van der Waals surface area contributed by atoms with Crippen LogP contribution in [0.3, 0.4) is 0 Å². The molecule has 0 aromatic heterocycles. The number of nitrogens with zero attached hydrogens (tertiary/aromatic N) is 1. The Hall–Kier alpha value is -2.29. The van der Waals surface area contributed by atoms with E-state index in [1.54, 1.807) is 0 Å². The number of sulfonamides is 1. The Kier molecular flexibility index (Phi) is 5.88. The highest BCUT2D eigenvalue weighted by Gasteiger charge is 2.31. The molecule has 1 amide bonds. The van der Waals surface area contributed by atoms with Gasteiger partial charge in [-0.1, -0.05) is 12.1 Å². The second-order valence-electron chi connectivity index (χ2n) is 6.70. The first kappa shape index (κ1) is 19.5. The largest absolute Gasteiger partial charge is 0.325 e. The van der Waals surface area contributed by atoms with Gasteiger partial charge >= 0.3 is 0 Å². The molecule has 0 aliphatic carbocycles. The highest BCUT2D eigenvalue weighted by atomic mass is 32.2. The SMILES string of the molecule is Cc1cccc(NC(=O)C[NH+]2CCN(S(=O)(=O)c3ccc(F)cc3)CC2)c1. The lowest BCUT2D eigenvalue weighted by Crippen LogP contribution is -3.15. The monoisotopic (exact) mass is 392 g/mol.